The average Bonchev–Trinajstić information content (AvgIpc) is 2.30. The van der Waals surface area contributed by atoms with Crippen molar-refractivity contribution in [1.82, 2.24) is 5.32 Å². The summed E-state index contributed by atoms with van der Waals surface area (Å²) in [5.41, 5.74) is 0.743. The second-order valence-corrected chi connectivity index (χ2v) is 5.76. The molecule has 0 spiro atoms. The molecule has 1 aromatic carbocycles. The molecule has 1 saturated carbocycles. The zero-order valence-electron chi connectivity index (χ0n) is 9.33. The zero-order valence-corrected chi connectivity index (χ0v) is 11.8. The summed E-state index contributed by atoms with van der Waals surface area (Å²) in [6.45, 7) is 0. The van der Waals surface area contributed by atoms with Crippen LogP contribution in [0.5, 0.6) is 0 Å². The van der Waals surface area contributed by atoms with Crippen LogP contribution in [0.4, 0.5) is 0 Å². The van der Waals surface area contributed by atoms with E-state index in [1.54, 1.807) is 6.07 Å². The van der Waals surface area contributed by atoms with Gasteiger partial charge in [-0.2, -0.15) is 0 Å². The van der Waals surface area contributed by atoms with E-state index in [1.165, 1.54) is 36.1 Å². The Kier molecular flexibility index (Phi) is 4.06. The van der Waals surface area contributed by atoms with Crippen molar-refractivity contribution in [3.63, 3.8) is 0 Å². The Morgan fingerprint density at radius 2 is 2.06 bits per heavy atom. The maximum atomic E-state index is 11.9. The summed E-state index contributed by atoms with van der Waals surface area (Å²) in [7, 11) is 0. The quantitative estimate of drug-likeness (QED) is 0.797. The van der Waals surface area contributed by atoms with Crippen molar-refractivity contribution < 1.29 is 4.79 Å². The molecule has 1 amide bonds. The van der Waals surface area contributed by atoms with Crippen LogP contribution in [0.2, 0.25) is 0 Å². The Morgan fingerprint density at radius 1 is 1.31 bits per heavy atom. The fourth-order valence-electron chi connectivity index (χ4n) is 2.14. The SMILES string of the molecule is O=C(NC1CCCCC1)c1c[c]cc([AsH2])c1. The van der Waals surface area contributed by atoms with Crippen molar-refractivity contribution in [3.8, 4) is 0 Å². The summed E-state index contributed by atoms with van der Waals surface area (Å²) < 4.78 is 1.14. The van der Waals surface area contributed by atoms with Crippen LogP contribution < -0.4 is 9.67 Å². The second-order valence-electron chi connectivity index (χ2n) is 4.36. The van der Waals surface area contributed by atoms with E-state index in [0.717, 1.165) is 22.8 Å². The fraction of sp³-hybridized carbons (Fsp3) is 0.462. The molecule has 1 unspecified atom stereocenters. The van der Waals surface area contributed by atoms with Crippen LogP contribution >= 0.6 is 0 Å². The monoisotopic (exact) mass is 278 g/mol. The first-order chi connectivity index (χ1) is 7.75. The fourth-order valence-corrected chi connectivity index (χ4v) is 2.72. The molecule has 3 heteroatoms. The van der Waals surface area contributed by atoms with Crippen molar-refractivity contribution in [2.45, 2.75) is 38.1 Å². The Hall–Kier alpha value is -0.752. The average molecular weight is 278 g/mol. The molecule has 0 saturated heterocycles. The number of hydrogen-bond acceptors (Lipinski definition) is 1. The molecule has 0 aliphatic heterocycles. The molecule has 1 radical (unpaired) electrons. The summed E-state index contributed by atoms with van der Waals surface area (Å²) in [4.78, 5) is 11.9. The van der Waals surface area contributed by atoms with E-state index < -0.39 is 0 Å². The first kappa shape index (κ1) is 11.7. The van der Waals surface area contributed by atoms with Crippen LogP contribution in [0.3, 0.4) is 0 Å². The molecule has 85 valence electrons. The predicted molar refractivity (Wildman–Crippen MR) is 67.8 cm³/mol. The molecule has 1 aliphatic rings. The van der Waals surface area contributed by atoms with Gasteiger partial charge in [0.05, 0.1) is 0 Å². The molecule has 0 aromatic heterocycles. The minimum atomic E-state index is 0.0580. The van der Waals surface area contributed by atoms with E-state index in [1.807, 2.05) is 12.1 Å². The zero-order chi connectivity index (χ0) is 11.4. The molecule has 0 bridgehead atoms. The topological polar surface area (TPSA) is 29.1 Å². The van der Waals surface area contributed by atoms with Gasteiger partial charge in [-0.15, -0.1) is 0 Å². The van der Waals surface area contributed by atoms with E-state index in [2.05, 4.69) is 11.4 Å². The number of benzene rings is 1. The summed E-state index contributed by atoms with van der Waals surface area (Å²) in [6.07, 6.45) is 6.06. The van der Waals surface area contributed by atoms with Crippen molar-refractivity contribution in [2.75, 3.05) is 0 Å². The first-order valence-corrected chi connectivity index (χ1v) is 7.04. The number of hydrogen-bond donors (Lipinski definition) is 1. The summed E-state index contributed by atoms with van der Waals surface area (Å²) >= 11 is 1.53. The molecule has 1 fully saturated rings. The Labute approximate surface area is 105 Å². The molecule has 1 atom stereocenters. The van der Waals surface area contributed by atoms with Gasteiger partial charge in [0.1, 0.15) is 0 Å². The van der Waals surface area contributed by atoms with Crippen LogP contribution in [-0.2, 0) is 0 Å². The Morgan fingerprint density at radius 3 is 2.75 bits per heavy atom. The van der Waals surface area contributed by atoms with Crippen molar-refractivity contribution >= 4 is 27.1 Å². The molecule has 0 heterocycles. The predicted octanol–water partition coefficient (Wildman–Crippen LogP) is 0.808. The summed E-state index contributed by atoms with van der Waals surface area (Å²) in [5.74, 6) is 0.0580. The standard InChI is InChI=1S/C13H17AsNO/c14-11-6-4-5-10(9-11)13(16)15-12-7-2-1-3-8-12/h5-6,9,12H,1-3,7-8,14H2,(H,15,16). The molecule has 2 nitrogen and oxygen atoms in total. The third-order valence-electron chi connectivity index (χ3n) is 3.01. The van der Waals surface area contributed by atoms with Crippen molar-refractivity contribution in [2.24, 2.45) is 0 Å². The van der Waals surface area contributed by atoms with Crippen LogP contribution in [0.15, 0.2) is 18.2 Å². The van der Waals surface area contributed by atoms with Gasteiger partial charge in [0, 0.05) is 0 Å². The van der Waals surface area contributed by atoms with E-state index >= 15 is 0 Å². The van der Waals surface area contributed by atoms with Crippen LogP contribution in [0.1, 0.15) is 42.5 Å². The van der Waals surface area contributed by atoms with Crippen molar-refractivity contribution in [1.29, 1.82) is 0 Å². The maximum absolute atomic E-state index is 11.9. The molecular formula is C13H17AsNO. The van der Waals surface area contributed by atoms with Crippen LogP contribution in [0, 0.1) is 6.07 Å². The van der Waals surface area contributed by atoms with E-state index in [0.29, 0.717) is 6.04 Å². The van der Waals surface area contributed by atoms with Gasteiger partial charge >= 0.3 is 105 Å². The number of nitrogens with one attached hydrogen (secondary N) is 1. The minimum absolute atomic E-state index is 0.0580. The van der Waals surface area contributed by atoms with Gasteiger partial charge < -0.3 is 0 Å². The molecular weight excluding hydrogens is 261 g/mol. The van der Waals surface area contributed by atoms with Gasteiger partial charge in [0.15, 0.2) is 0 Å². The third-order valence-corrected chi connectivity index (χ3v) is 3.71. The van der Waals surface area contributed by atoms with Crippen LogP contribution in [-0.4, -0.2) is 28.8 Å². The summed E-state index contributed by atoms with van der Waals surface area (Å²) in [6, 6.07) is 9.00. The molecule has 1 aliphatic carbocycles. The van der Waals surface area contributed by atoms with Gasteiger partial charge in [-0.25, -0.2) is 0 Å². The van der Waals surface area contributed by atoms with E-state index in [-0.39, 0.29) is 5.91 Å². The van der Waals surface area contributed by atoms with Gasteiger partial charge in [-0.1, -0.05) is 0 Å². The third kappa shape index (κ3) is 3.12. The van der Waals surface area contributed by atoms with E-state index in [9.17, 15) is 4.79 Å². The van der Waals surface area contributed by atoms with Crippen LogP contribution in [0.25, 0.3) is 0 Å². The van der Waals surface area contributed by atoms with Crippen molar-refractivity contribution in [3.05, 3.63) is 29.8 Å². The second kappa shape index (κ2) is 5.54. The number of carbonyl (C=O) groups excluding carboxylic acids is 1. The van der Waals surface area contributed by atoms with Gasteiger partial charge in [0.2, 0.25) is 0 Å². The normalized spacial score (nSPS) is 17.1. The molecule has 2 rings (SSSR count). The molecule has 1 aromatic rings. The van der Waals surface area contributed by atoms with E-state index in [4.69, 9.17) is 0 Å². The first-order valence-electron chi connectivity index (χ1n) is 5.83. The van der Waals surface area contributed by atoms with Gasteiger partial charge in [-0.3, -0.25) is 0 Å². The summed E-state index contributed by atoms with van der Waals surface area (Å²) in [5, 5.41) is 3.11. The van der Waals surface area contributed by atoms with Gasteiger partial charge in [0.25, 0.3) is 0 Å². The Balaban J connectivity index is 1.97. The molecule has 16 heavy (non-hydrogen) atoms. The number of carbonyl (C=O) groups is 1. The van der Waals surface area contributed by atoms with Gasteiger partial charge in [-0.05, 0) is 0 Å². The molecule has 1 N–H and O–H groups in total. The Bertz CT molecular complexity index is 372. The number of rotatable bonds is 2. The number of amides is 1.